The van der Waals surface area contributed by atoms with E-state index in [-0.39, 0.29) is 30.7 Å². The van der Waals surface area contributed by atoms with E-state index in [1.807, 2.05) is 0 Å². The molecule has 2 fully saturated rings. The Labute approximate surface area is 128 Å². The Balaban J connectivity index is 0.00000162. The van der Waals surface area contributed by atoms with Crippen LogP contribution in [0, 0.1) is 5.92 Å². The second-order valence-corrected chi connectivity index (χ2v) is 5.93. The van der Waals surface area contributed by atoms with E-state index >= 15 is 0 Å². The van der Waals surface area contributed by atoms with E-state index in [0.29, 0.717) is 6.04 Å². The van der Waals surface area contributed by atoms with Crippen molar-refractivity contribution in [2.75, 3.05) is 19.6 Å². The normalized spacial score (nSPS) is 23.7. The summed E-state index contributed by atoms with van der Waals surface area (Å²) in [6.07, 6.45) is 4.24. The molecule has 0 aromatic heterocycles. The van der Waals surface area contributed by atoms with Gasteiger partial charge in [0.25, 0.3) is 0 Å². The van der Waals surface area contributed by atoms with E-state index in [0.717, 1.165) is 38.4 Å². The van der Waals surface area contributed by atoms with Gasteiger partial charge >= 0.3 is 0 Å². The van der Waals surface area contributed by atoms with E-state index < -0.39 is 5.54 Å². The van der Waals surface area contributed by atoms with Crippen molar-refractivity contribution >= 4 is 30.7 Å². The van der Waals surface area contributed by atoms with Gasteiger partial charge in [0.05, 0.1) is 5.54 Å². The molecule has 0 aromatic carbocycles. The van der Waals surface area contributed by atoms with Crippen molar-refractivity contribution in [3.05, 3.63) is 0 Å². The largest absolute Gasteiger partial charge is 0.353 e. The number of nitrogens with two attached hydrogens (primary N) is 1. The molecule has 1 aliphatic heterocycles. The highest BCUT2D eigenvalue weighted by Gasteiger charge is 2.45. The van der Waals surface area contributed by atoms with Crippen LogP contribution in [0.5, 0.6) is 0 Å². The Morgan fingerprint density at radius 1 is 1.37 bits per heavy atom. The minimum absolute atomic E-state index is 0. The molecule has 1 saturated heterocycles. The lowest BCUT2D eigenvalue weighted by atomic mass is 9.98. The van der Waals surface area contributed by atoms with Gasteiger partial charge in [0, 0.05) is 12.6 Å². The maximum absolute atomic E-state index is 11.7. The van der Waals surface area contributed by atoms with Gasteiger partial charge in [-0.3, -0.25) is 9.69 Å². The zero-order chi connectivity index (χ0) is 12.5. The fourth-order valence-corrected chi connectivity index (χ4v) is 2.38. The van der Waals surface area contributed by atoms with Gasteiger partial charge in [-0.1, -0.05) is 6.92 Å². The van der Waals surface area contributed by atoms with E-state index in [1.54, 1.807) is 0 Å². The van der Waals surface area contributed by atoms with Crippen molar-refractivity contribution in [3.63, 3.8) is 0 Å². The molecule has 6 heteroatoms. The Morgan fingerprint density at radius 2 is 1.89 bits per heavy atom. The number of nitrogens with one attached hydrogen (secondary N) is 1. The van der Waals surface area contributed by atoms with Crippen LogP contribution in [0.4, 0.5) is 0 Å². The standard InChI is InChI=1S/C13H25N3O.2ClH/c1-10-3-7-16(8-4-10)11(2)9-15-12(17)13(14)5-6-13;;/h10-11H,3-9,14H2,1-2H3,(H,15,17);2*1H. The number of hydrogen-bond donors (Lipinski definition) is 2. The van der Waals surface area contributed by atoms with Crippen molar-refractivity contribution in [1.82, 2.24) is 10.2 Å². The number of carbonyl (C=O) groups excluding carboxylic acids is 1. The van der Waals surface area contributed by atoms with E-state index in [4.69, 9.17) is 5.73 Å². The lowest BCUT2D eigenvalue weighted by molar-refractivity contribution is -0.123. The molecule has 2 aliphatic rings. The number of rotatable bonds is 4. The Bertz CT molecular complexity index is 290. The number of carbonyl (C=O) groups is 1. The SMILES string of the molecule is CC1CCN(C(C)CNC(=O)C2(N)CC2)CC1.Cl.Cl. The first kappa shape index (κ1) is 19.0. The molecule has 2 rings (SSSR count). The number of halogens is 2. The summed E-state index contributed by atoms with van der Waals surface area (Å²) in [5.41, 5.74) is 5.32. The first-order valence-corrected chi connectivity index (χ1v) is 6.82. The molecule has 0 bridgehead atoms. The van der Waals surface area contributed by atoms with Crippen LogP contribution in [-0.4, -0.2) is 42.0 Å². The molecule has 19 heavy (non-hydrogen) atoms. The van der Waals surface area contributed by atoms with Crippen molar-refractivity contribution < 1.29 is 4.79 Å². The van der Waals surface area contributed by atoms with Gasteiger partial charge in [-0.05, 0) is 51.6 Å². The van der Waals surface area contributed by atoms with Gasteiger partial charge < -0.3 is 11.1 Å². The number of amides is 1. The molecule has 1 saturated carbocycles. The van der Waals surface area contributed by atoms with Crippen molar-refractivity contribution in [1.29, 1.82) is 0 Å². The minimum atomic E-state index is -0.532. The van der Waals surface area contributed by atoms with Crippen LogP contribution in [-0.2, 0) is 4.79 Å². The second-order valence-electron chi connectivity index (χ2n) is 5.93. The first-order valence-electron chi connectivity index (χ1n) is 6.82. The Hall–Kier alpha value is -0.0300. The number of likely N-dealkylation sites (tertiary alicyclic amines) is 1. The average molecular weight is 312 g/mol. The van der Waals surface area contributed by atoms with Crippen molar-refractivity contribution in [2.24, 2.45) is 11.7 Å². The summed E-state index contributed by atoms with van der Waals surface area (Å²) in [5.74, 6) is 0.890. The van der Waals surface area contributed by atoms with Gasteiger partial charge in [0.15, 0.2) is 0 Å². The summed E-state index contributed by atoms with van der Waals surface area (Å²) >= 11 is 0. The molecule has 1 unspecified atom stereocenters. The third-order valence-corrected chi connectivity index (χ3v) is 4.24. The zero-order valence-corrected chi connectivity index (χ0v) is 13.5. The second kappa shape index (κ2) is 7.67. The fourth-order valence-electron chi connectivity index (χ4n) is 2.38. The van der Waals surface area contributed by atoms with Gasteiger partial charge in [-0.25, -0.2) is 0 Å². The quantitative estimate of drug-likeness (QED) is 0.828. The third kappa shape index (κ3) is 5.10. The Kier molecular flexibility index (Phi) is 7.66. The van der Waals surface area contributed by atoms with E-state index in [1.165, 1.54) is 12.8 Å². The molecule has 0 aromatic rings. The summed E-state index contributed by atoms with van der Waals surface area (Å²) in [6.45, 7) is 7.55. The summed E-state index contributed by atoms with van der Waals surface area (Å²) in [4.78, 5) is 14.2. The van der Waals surface area contributed by atoms with E-state index in [9.17, 15) is 4.79 Å². The number of nitrogens with zero attached hydrogens (tertiary/aromatic N) is 1. The number of hydrogen-bond acceptors (Lipinski definition) is 3. The van der Waals surface area contributed by atoms with Crippen LogP contribution in [0.3, 0.4) is 0 Å². The highest BCUT2D eigenvalue weighted by Crippen LogP contribution is 2.32. The third-order valence-electron chi connectivity index (χ3n) is 4.24. The molecule has 1 aliphatic carbocycles. The lowest BCUT2D eigenvalue weighted by Gasteiger charge is -2.35. The molecule has 0 radical (unpaired) electrons. The molecule has 1 atom stereocenters. The molecule has 1 amide bonds. The van der Waals surface area contributed by atoms with Crippen LogP contribution in [0.1, 0.15) is 39.5 Å². The van der Waals surface area contributed by atoms with Crippen molar-refractivity contribution in [3.8, 4) is 0 Å². The highest BCUT2D eigenvalue weighted by atomic mass is 35.5. The van der Waals surface area contributed by atoms with Gasteiger partial charge in [-0.2, -0.15) is 0 Å². The molecule has 4 nitrogen and oxygen atoms in total. The first-order chi connectivity index (χ1) is 8.01. The average Bonchev–Trinajstić information content (AvgIpc) is 3.06. The molecule has 0 spiro atoms. The van der Waals surface area contributed by atoms with Crippen LogP contribution >= 0.6 is 24.8 Å². The van der Waals surface area contributed by atoms with Gasteiger partial charge in [-0.15, -0.1) is 24.8 Å². The van der Waals surface area contributed by atoms with E-state index in [2.05, 4.69) is 24.1 Å². The van der Waals surface area contributed by atoms with Crippen LogP contribution in [0.2, 0.25) is 0 Å². The topological polar surface area (TPSA) is 58.4 Å². The fraction of sp³-hybridized carbons (Fsp3) is 0.923. The predicted molar refractivity (Wildman–Crippen MR) is 83.1 cm³/mol. The van der Waals surface area contributed by atoms with Gasteiger partial charge in [0.2, 0.25) is 5.91 Å². The zero-order valence-electron chi connectivity index (χ0n) is 11.9. The molecule has 3 N–H and O–H groups in total. The predicted octanol–water partition coefficient (Wildman–Crippen LogP) is 1.56. The summed E-state index contributed by atoms with van der Waals surface area (Å²) in [7, 11) is 0. The molecular weight excluding hydrogens is 285 g/mol. The summed E-state index contributed by atoms with van der Waals surface area (Å²) < 4.78 is 0. The monoisotopic (exact) mass is 311 g/mol. The molecular formula is C13H27Cl2N3O. The lowest BCUT2D eigenvalue weighted by Crippen LogP contribution is -2.49. The van der Waals surface area contributed by atoms with Crippen molar-refractivity contribution in [2.45, 2.75) is 51.1 Å². The van der Waals surface area contributed by atoms with Gasteiger partial charge in [0.1, 0.15) is 0 Å². The molecule has 114 valence electrons. The highest BCUT2D eigenvalue weighted by molar-refractivity contribution is 5.88. The van der Waals surface area contributed by atoms with Crippen LogP contribution < -0.4 is 11.1 Å². The summed E-state index contributed by atoms with van der Waals surface area (Å²) in [6, 6.07) is 0.425. The number of piperidine rings is 1. The van der Waals surface area contributed by atoms with Crippen LogP contribution in [0.25, 0.3) is 0 Å². The maximum Gasteiger partial charge on any atom is 0.240 e. The van der Waals surface area contributed by atoms with Crippen LogP contribution in [0.15, 0.2) is 0 Å². The maximum atomic E-state index is 11.7. The smallest absolute Gasteiger partial charge is 0.240 e. The summed E-state index contributed by atoms with van der Waals surface area (Å²) in [5, 5.41) is 2.99. The minimum Gasteiger partial charge on any atom is -0.353 e. The molecule has 1 heterocycles. The Morgan fingerprint density at radius 3 is 2.37 bits per heavy atom.